The number of hydrogen-bond donors (Lipinski definition) is 0. The summed E-state index contributed by atoms with van der Waals surface area (Å²) in [4.78, 5) is 7.34. The number of rotatable bonds is 1. The van der Waals surface area contributed by atoms with Crippen LogP contribution in [0.2, 0.25) is 5.02 Å². The Balaban J connectivity index is 2.67. The molecule has 0 saturated heterocycles. The average molecular weight is 273 g/mol. The second kappa shape index (κ2) is 4.57. The van der Waals surface area contributed by atoms with Gasteiger partial charge >= 0.3 is 6.18 Å². The number of halogens is 4. The molecular weight excluding hydrogens is 265 g/mol. The summed E-state index contributed by atoms with van der Waals surface area (Å²) in [6.45, 7) is 1.40. The molecule has 0 atom stereocenters. The van der Waals surface area contributed by atoms with Gasteiger partial charge in [0.2, 0.25) is 0 Å². The molecule has 18 heavy (non-hydrogen) atoms. The lowest BCUT2D eigenvalue weighted by atomic mass is 10.1. The van der Waals surface area contributed by atoms with Crippen LogP contribution in [0.15, 0.2) is 30.3 Å². The average Bonchev–Trinajstić information content (AvgIpc) is 2.31. The lowest BCUT2D eigenvalue weighted by molar-refractivity contribution is -0.141. The maximum Gasteiger partial charge on any atom is 0.434 e. The predicted molar refractivity (Wildman–Crippen MR) is 62.2 cm³/mol. The van der Waals surface area contributed by atoms with Gasteiger partial charge in [-0.15, -0.1) is 0 Å². The molecule has 0 aliphatic heterocycles. The second-order valence-corrected chi connectivity index (χ2v) is 4.02. The highest BCUT2D eigenvalue weighted by Crippen LogP contribution is 2.37. The van der Waals surface area contributed by atoms with Crippen molar-refractivity contribution in [2.75, 3.05) is 0 Å². The molecule has 0 amide bonds. The summed E-state index contributed by atoms with van der Waals surface area (Å²) < 4.78 is 38.2. The zero-order valence-corrected chi connectivity index (χ0v) is 10.0. The molecule has 0 N–H and O–H groups in total. The van der Waals surface area contributed by atoms with Crippen LogP contribution < -0.4 is 0 Å². The maximum atomic E-state index is 12.7. The smallest absolute Gasteiger partial charge is 0.232 e. The monoisotopic (exact) mass is 272 g/mol. The van der Waals surface area contributed by atoms with E-state index in [9.17, 15) is 13.2 Å². The van der Waals surface area contributed by atoms with Gasteiger partial charge in [-0.1, -0.05) is 41.9 Å². The fourth-order valence-electron chi connectivity index (χ4n) is 1.53. The molecule has 0 aliphatic rings. The highest BCUT2D eigenvalue weighted by molar-refractivity contribution is 6.33. The van der Waals surface area contributed by atoms with E-state index in [1.165, 1.54) is 6.92 Å². The first-order valence-corrected chi connectivity index (χ1v) is 5.44. The third-order valence-electron chi connectivity index (χ3n) is 2.28. The van der Waals surface area contributed by atoms with Crippen molar-refractivity contribution in [3.8, 4) is 11.3 Å². The Morgan fingerprint density at radius 2 is 1.67 bits per heavy atom. The van der Waals surface area contributed by atoms with Gasteiger partial charge in [0, 0.05) is 5.56 Å². The molecule has 0 fully saturated rings. The largest absolute Gasteiger partial charge is 0.434 e. The van der Waals surface area contributed by atoms with Crippen LogP contribution in [0.3, 0.4) is 0 Å². The first kappa shape index (κ1) is 12.8. The van der Waals surface area contributed by atoms with Crippen molar-refractivity contribution in [1.29, 1.82) is 0 Å². The van der Waals surface area contributed by atoms with Crippen LogP contribution in [0, 0.1) is 6.92 Å². The van der Waals surface area contributed by atoms with Crippen molar-refractivity contribution in [2.24, 2.45) is 0 Å². The van der Waals surface area contributed by atoms with Gasteiger partial charge in [-0.05, 0) is 6.92 Å². The Hall–Kier alpha value is -1.62. The Morgan fingerprint density at radius 1 is 1.06 bits per heavy atom. The van der Waals surface area contributed by atoms with E-state index in [0.29, 0.717) is 5.56 Å². The summed E-state index contributed by atoms with van der Waals surface area (Å²) in [5.74, 6) is 0.0329. The van der Waals surface area contributed by atoms with Gasteiger partial charge in [0.25, 0.3) is 0 Å². The summed E-state index contributed by atoms with van der Waals surface area (Å²) >= 11 is 5.75. The minimum atomic E-state index is -4.59. The molecular formula is C12H8ClF3N2. The number of alkyl halides is 3. The third kappa shape index (κ3) is 2.46. The Morgan fingerprint density at radius 3 is 2.22 bits per heavy atom. The molecule has 1 aromatic heterocycles. The number of nitrogens with zero attached hydrogens (tertiary/aromatic N) is 2. The van der Waals surface area contributed by atoms with Crippen molar-refractivity contribution in [3.63, 3.8) is 0 Å². The topological polar surface area (TPSA) is 25.8 Å². The highest BCUT2D eigenvalue weighted by atomic mass is 35.5. The molecule has 0 aliphatic carbocycles. The molecule has 6 heteroatoms. The van der Waals surface area contributed by atoms with Crippen molar-refractivity contribution in [2.45, 2.75) is 13.1 Å². The molecule has 2 nitrogen and oxygen atoms in total. The van der Waals surface area contributed by atoms with Gasteiger partial charge in [-0.3, -0.25) is 0 Å². The summed E-state index contributed by atoms with van der Waals surface area (Å²) in [6, 6.07) is 8.46. The van der Waals surface area contributed by atoms with E-state index >= 15 is 0 Å². The van der Waals surface area contributed by atoms with Crippen LogP contribution in [0.25, 0.3) is 11.3 Å². The third-order valence-corrected chi connectivity index (χ3v) is 2.64. The Bertz CT molecular complexity index is 568. The van der Waals surface area contributed by atoms with Gasteiger partial charge in [0.15, 0.2) is 5.69 Å². The predicted octanol–water partition coefficient (Wildman–Crippen LogP) is 4.12. The first-order chi connectivity index (χ1) is 8.39. The van der Waals surface area contributed by atoms with Crippen molar-refractivity contribution in [3.05, 3.63) is 46.9 Å². The SMILES string of the molecule is Cc1nc(-c2ccccc2)c(Cl)c(C(F)(F)F)n1. The van der Waals surface area contributed by atoms with E-state index in [-0.39, 0.29) is 11.5 Å². The van der Waals surface area contributed by atoms with E-state index in [1.54, 1.807) is 30.3 Å². The molecule has 1 heterocycles. The van der Waals surface area contributed by atoms with Crippen molar-refractivity contribution in [1.82, 2.24) is 9.97 Å². The minimum Gasteiger partial charge on any atom is -0.232 e. The van der Waals surface area contributed by atoms with Gasteiger partial charge < -0.3 is 0 Å². The number of aromatic nitrogens is 2. The van der Waals surface area contributed by atoms with E-state index in [1.807, 2.05) is 0 Å². The van der Waals surface area contributed by atoms with Gasteiger partial charge in [-0.2, -0.15) is 13.2 Å². The molecule has 2 rings (SSSR count). The second-order valence-electron chi connectivity index (χ2n) is 3.65. The summed E-state index contributed by atoms with van der Waals surface area (Å²) in [7, 11) is 0. The van der Waals surface area contributed by atoms with Crippen LogP contribution in [0.1, 0.15) is 11.5 Å². The molecule has 2 aromatic rings. The van der Waals surface area contributed by atoms with Crippen LogP contribution in [-0.2, 0) is 6.18 Å². The Kier molecular flexibility index (Phi) is 3.26. The number of hydrogen-bond acceptors (Lipinski definition) is 2. The normalized spacial score (nSPS) is 11.6. The fraction of sp³-hybridized carbons (Fsp3) is 0.167. The number of aryl methyl sites for hydroxylation is 1. The van der Waals surface area contributed by atoms with E-state index in [4.69, 9.17) is 11.6 Å². The summed E-state index contributed by atoms with van der Waals surface area (Å²) in [5, 5.41) is -0.473. The Labute approximate surface area is 106 Å². The molecule has 0 unspecified atom stereocenters. The van der Waals surface area contributed by atoms with Crippen molar-refractivity contribution >= 4 is 11.6 Å². The quantitative estimate of drug-likeness (QED) is 0.780. The van der Waals surface area contributed by atoms with Gasteiger partial charge in [-0.25, -0.2) is 9.97 Å². The minimum absolute atomic E-state index is 0.0329. The zero-order valence-electron chi connectivity index (χ0n) is 9.29. The van der Waals surface area contributed by atoms with Gasteiger partial charge in [0.05, 0.1) is 10.7 Å². The first-order valence-electron chi connectivity index (χ1n) is 5.06. The van der Waals surface area contributed by atoms with E-state index in [2.05, 4.69) is 9.97 Å². The molecule has 1 aromatic carbocycles. The lowest BCUT2D eigenvalue weighted by Crippen LogP contribution is -2.12. The van der Waals surface area contributed by atoms with Crippen LogP contribution in [0.4, 0.5) is 13.2 Å². The summed E-state index contributed by atoms with van der Waals surface area (Å²) in [6.07, 6.45) is -4.59. The molecule has 0 radical (unpaired) electrons. The lowest BCUT2D eigenvalue weighted by Gasteiger charge is -2.12. The summed E-state index contributed by atoms with van der Waals surface area (Å²) in [5.41, 5.74) is -0.480. The van der Waals surface area contributed by atoms with Crippen LogP contribution >= 0.6 is 11.6 Å². The van der Waals surface area contributed by atoms with Crippen LogP contribution in [0.5, 0.6) is 0 Å². The van der Waals surface area contributed by atoms with E-state index in [0.717, 1.165) is 0 Å². The molecule has 0 spiro atoms. The fourth-order valence-corrected chi connectivity index (χ4v) is 1.83. The van der Waals surface area contributed by atoms with E-state index < -0.39 is 16.9 Å². The maximum absolute atomic E-state index is 12.7. The van der Waals surface area contributed by atoms with Crippen LogP contribution in [-0.4, -0.2) is 9.97 Å². The molecule has 0 saturated carbocycles. The standard InChI is InChI=1S/C12H8ClF3N2/c1-7-17-10(8-5-3-2-4-6-8)9(13)11(18-7)12(14,15)16/h2-6H,1H3. The highest BCUT2D eigenvalue weighted by Gasteiger charge is 2.37. The molecule has 0 bridgehead atoms. The molecule has 94 valence electrons. The zero-order chi connectivity index (χ0) is 13.3. The van der Waals surface area contributed by atoms with Gasteiger partial charge in [0.1, 0.15) is 5.82 Å². The number of benzene rings is 1. The van der Waals surface area contributed by atoms with Crippen molar-refractivity contribution < 1.29 is 13.2 Å².